The lowest BCUT2D eigenvalue weighted by Crippen LogP contribution is -2.34. The minimum Gasteiger partial charge on any atom is -0.493 e. The van der Waals surface area contributed by atoms with Crippen molar-refractivity contribution < 1.29 is 23.8 Å². The van der Waals surface area contributed by atoms with Crippen LogP contribution >= 0.6 is 23.4 Å². The number of hydrogen-bond acceptors (Lipinski definition) is 6. The van der Waals surface area contributed by atoms with Gasteiger partial charge in [-0.25, -0.2) is 0 Å². The summed E-state index contributed by atoms with van der Waals surface area (Å²) in [5.41, 5.74) is 1.55. The first-order chi connectivity index (χ1) is 15.5. The molecule has 2 aliphatic rings. The van der Waals surface area contributed by atoms with Gasteiger partial charge in [-0.05, 0) is 48.7 Å². The molecule has 0 spiro atoms. The minimum absolute atomic E-state index is 0.0816. The predicted octanol–water partition coefficient (Wildman–Crippen LogP) is 4.03. The highest BCUT2D eigenvalue weighted by Gasteiger charge is 2.29. The quantitative estimate of drug-likeness (QED) is 0.598. The Hall–Kier alpha value is -2.42. The van der Waals surface area contributed by atoms with Crippen molar-refractivity contribution >= 4 is 40.9 Å². The molecular weight excluding hydrogens is 452 g/mol. The van der Waals surface area contributed by atoms with Gasteiger partial charge in [-0.3, -0.25) is 9.59 Å². The molecule has 0 aliphatic carbocycles. The fraction of sp³-hybridized carbons (Fsp3) is 0.391. The molecule has 4 rings (SSSR count). The van der Waals surface area contributed by atoms with Crippen LogP contribution in [0.25, 0.3) is 0 Å². The van der Waals surface area contributed by atoms with Crippen LogP contribution in [0.4, 0.5) is 5.69 Å². The third kappa shape index (κ3) is 5.68. The Labute approximate surface area is 196 Å². The summed E-state index contributed by atoms with van der Waals surface area (Å²) in [5.74, 6) is 0.849. The van der Waals surface area contributed by atoms with Crippen LogP contribution in [0.5, 0.6) is 11.5 Å². The molecule has 0 radical (unpaired) electrons. The number of hydrogen-bond donors (Lipinski definition) is 2. The van der Waals surface area contributed by atoms with Crippen LogP contribution in [-0.4, -0.2) is 43.5 Å². The Morgan fingerprint density at radius 1 is 1.28 bits per heavy atom. The molecule has 2 atom stereocenters. The predicted molar refractivity (Wildman–Crippen MR) is 124 cm³/mol. The van der Waals surface area contributed by atoms with Gasteiger partial charge in [-0.2, -0.15) is 0 Å². The molecule has 2 amide bonds. The average molecular weight is 477 g/mol. The molecule has 1 fully saturated rings. The molecule has 2 N–H and O–H groups in total. The summed E-state index contributed by atoms with van der Waals surface area (Å²) in [6, 6.07) is 10.9. The van der Waals surface area contributed by atoms with Gasteiger partial charge in [0.2, 0.25) is 11.8 Å². The fourth-order valence-electron chi connectivity index (χ4n) is 3.60. The van der Waals surface area contributed by atoms with Gasteiger partial charge in [0.05, 0.1) is 24.2 Å². The maximum atomic E-state index is 12.5. The molecule has 2 aromatic carbocycles. The van der Waals surface area contributed by atoms with Crippen molar-refractivity contribution in [1.82, 2.24) is 5.32 Å². The third-order valence-corrected chi connectivity index (χ3v) is 6.81. The van der Waals surface area contributed by atoms with E-state index >= 15 is 0 Å². The van der Waals surface area contributed by atoms with E-state index in [-0.39, 0.29) is 24.3 Å². The van der Waals surface area contributed by atoms with Crippen molar-refractivity contribution in [2.24, 2.45) is 0 Å². The number of carbonyl (C=O) groups is 2. The summed E-state index contributed by atoms with van der Waals surface area (Å²) in [7, 11) is 1.58. The molecule has 7 nitrogen and oxygen atoms in total. The number of carbonyl (C=O) groups excluding carboxylic acids is 2. The number of amides is 2. The molecule has 2 unspecified atom stereocenters. The largest absolute Gasteiger partial charge is 0.493 e. The zero-order chi connectivity index (χ0) is 22.5. The maximum absolute atomic E-state index is 12.5. The van der Waals surface area contributed by atoms with Crippen molar-refractivity contribution in [1.29, 1.82) is 0 Å². The van der Waals surface area contributed by atoms with Crippen molar-refractivity contribution in [3.05, 3.63) is 47.0 Å². The average Bonchev–Trinajstić information content (AvgIpc) is 3.31. The van der Waals surface area contributed by atoms with E-state index < -0.39 is 5.25 Å². The van der Waals surface area contributed by atoms with E-state index in [0.29, 0.717) is 35.4 Å². The van der Waals surface area contributed by atoms with Gasteiger partial charge >= 0.3 is 0 Å². The van der Waals surface area contributed by atoms with Gasteiger partial charge in [-0.15, -0.1) is 11.8 Å². The molecule has 0 saturated carbocycles. The highest BCUT2D eigenvalue weighted by atomic mass is 35.5. The number of ether oxygens (including phenoxy) is 3. The summed E-state index contributed by atoms with van der Waals surface area (Å²) >= 11 is 7.35. The second kappa shape index (κ2) is 10.5. The molecule has 1 saturated heterocycles. The van der Waals surface area contributed by atoms with Crippen LogP contribution in [0, 0.1) is 0 Å². The fourth-order valence-corrected chi connectivity index (χ4v) is 4.86. The van der Waals surface area contributed by atoms with Gasteiger partial charge in [0.25, 0.3) is 0 Å². The van der Waals surface area contributed by atoms with Crippen LogP contribution < -0.4 is 20.1 Å². The van der Waals surface area contributed by atoms with E-state index in [1.807, 2.05) is 24.3 Å². The van der Waals surface area contributed by atoms with Gasteiger partial charge in [0.15, 0.2) is 11.5 Å². The highest BCUT2D eigenvalue weighted by molar-refractivity contribution is 8.01. The number of rotatable bonds is 8. The second-order valence-electron chi connectivity index (χ2n) is 7.65. The Bertz CT molecular complexity index is 996. The van der Waals surface area contributed by atoms with E-state index in [4.69, 9.17) is 25.8 Å². The molecule has 2 heterocycles. The Kier molecular flexibility index (Phi) is 7.44. The lowest BCUT2D eigenvalue weighted by molar-refractivity contribution is -0.124. The molecule has 170 valence electrons. The summed E-state index contributed by atoms with van der Waals surface area (Å²) in [5, 5.41) is 5.76. The van der Waals surface area contributed by atoms with Crippen molar-refractivity contribution in [2.75, 3.05) is 25.6 Å². The van der Waals surface area contributed by atoms with Crippen LogP contribution in [0.2, 0.25) is 5.02 Å². The van der Waals surface area contributed by atoms with Gasteiger partial charge < -0.3 is 24.8 Å². The zero-order valence-corrected chi connectivity index (χ0v) is 19.3. The summed E-state index contributed by atoms with van der Waals surface area (Å²) in [6.07, 6.45) is 2.27. The first kappa shape index (κ1) is 22.8. The molecule has 9 heteroatoms. The van der Waals surface area contributed by atoms with E-state index in [2.05, 4.69) is 10.6 Å². The van der Waals surface area contributed by atoms with Crippen molar-refractivity contribution in [2.45, 2.75) is 42.1 Å². The smallest absolute Gasteiger partial charge is 0.238 e. The molecule has 0 bridgehead atoms. The number of thioether (sulfide) groups is 1. The summed E-state index contributed by atoms with van der Waals surface area (Å²) in [6.45, 7) is 1.60. The van der Waals surface area contributed by atoms with E-state index in [1.165, 1.54) is 11.8 Å². The van der Waals surface area contributed by atoms with Crippen LogP contribution in [0.1, 0.15) is 24.8 Å². The Morgan fingerprint density at radius 2 is 2.16 bits per heavy atom. The van der Waals surface area contributed by atoms with Crippen LogP contribution in [0.15, 0.2) is 41.3 Å². The van der Waals surface area contributed by atoms with E-state index in [1.54, 1.807) is 19.2 Å². The monoisotopic (exact) mass is 476 g/mol. The summed E-state index contributed by atoms with van der Waals surface area (Å²) < 4.78 is 16.9. The first-order valence-electron chi connectivity index (χ1n) is 10.5. The highest BCUT2D eigenvalue weighted by Crippen LogP contribution is 2.38. The van der Waals surface area contributed by atoms with Crippen molar-refractivity contribution in [3.8, 4) is 11.5 Å². The van der Waals surface area contributed by atoms with Crippen LogP contribution in [0.3, 0.4) is 0 Å². The first-order valence-corrected chi connectivity index (χ1v) is 11.7. The van der Waals surface area contributed by atoms with Gasteiger partial charge in [-0.1, -0.05) is 17.7 Å². The minimum atomic E-state index is -0.494. The SMILES string of the molecule is COc1cc(CNC(=O)CC2Sc3ccc(Cl)cc3NC2=O)ccc1OCC1CCCO1. The number of fused-ring (bicyclic) bond motifs is 1. The second-order valence-corrected chi connectivity index (χ2v) is 9.33. The molecule has 2 aliphatic heterocycles. The maximum Gasteiger partial charge on any atom is 0.238 e. The van der Waals surface area contributed by atoms with E-state index in [0.717, 1.165) is 29.9 Å². The standard InChI is InChI=1S/C23H25ClN2O5S/c1-29-19-9-14(4-6-18(19)31-13-16-3-2-8-30-16)12-25-22(27)11-21-23(28)26-17-10-15(24)5-7-20(17)32-21/h4-7,9-10,16,21H,2-3,8,11-13H2,1H3,(H,25,27)(H,26,28). The Balaban J connectivity index is 1.29. The number of methoxy groups -OCH3 is 1. The number of halogens is 1. The number of anilines is 1. The Morgan fingerprint density at radius 3 is 2.94 bits per heavy atom. The summed E-state index contributed by atoms with van der Waals surface area (Å²) in [4.78, 5) is 25.7. The van der Waals surface area contributed by atoms with Crippen molar-refractivity contribution in [3.63, 3.8) is 0 Å². The molecule has 2 aromatic rings. The number of nitrogens with one attached hydrogen (secondary N) is 2. The lowest BCUT2D eigenvalue weighted by Gasteiger charge is -2.23. The molecule has 0 aromatic heterocycles. The third-order valence-electron chi connectivity index (χ3n) is 5.30. The lowest BCUT2D eigenvalue weighted by atomic mass is 10.2. The molecule has 32 heavy (non-hydrogen) atoms. The normalized spacial score (nSPS) is 19.8. The topological polar surface area (TPSA) is 85.9 Å². The van der Waals surface area contributed by atoms with Gasteiger partial charge in [0, 0.05) is 29.5 Å². The number of benzene rings is 2. The van der Waals surface area contributed by atoms with Crippen LogP contribution in [-0.2, 0) is 20.9 Å². The zero-order valence-electron chi connectivity index (χ0n) is 17.7. The van der Waals surface area contributed by atoms with E-state index in [9.17, 15) is 9.59 Å². The van der Waals surface area contributed by atoms with Gasteiger partial charge in [0.1, 0.15) is 6.61 Å². The molecular formula is C23H25ClN2O5S.